The predicted octanol–water partition coefficient (Wildman–Crippen LogP) is 5.19. The number of amides is 1. The molecule has 0 aliphatic carbocycles. The number of aromatic amines is 1. The largest absolute Gasteiger partial charge is 0.497 e. The summed E-state index contributed by atoms with van der Waals surface area (Å²) in [5, 5.41) is 7.47. The van der Waals surface area contributed by atoms with Gasteiger partial charge in [-0.3, -0.25) is 9.89 Å². The summed E-state index contributed by atoms with van der Waals surface area (Å²) in [5.74, 6) is 1.40. The number of halogens is 1. The van der Waals surface area contributed by atoms with Gasteiger partial charge in [0.05, 0.1) is 31.7 Å². The van der Waals surface area contributed by atoms with Crippen LogP contribution in [0.2, 0.25) is 0 Å². The van der Waals surface area contributed by atoms with Gasteiger partial charge < -0.3 is 14.1 Å². The van der Waals surface area contributed by atoms with E-state index in [2.05, 4.69) is 26.1 Å². The first-order valence-corrected chi connectivity index (χ1v) is 10.3. The summed E-state index contributed by atoms with van der Waals surface area (Å²) in [5.41, 5.74) is 4.06. The van der Waals surface area contributed by atoms with Gasteiger partial charge in [0.15, 0.2) is 0 Å². The summed E-state index contributed by atoms with van der Waals surface area (Å²) >= 11 is 3.56. The second kappa shape index (κ2) is 7.50. The van der Waals surface area contributed by atoms with Gasteiger partial charge in [-0.15, -0.1) is 0 Å². The van der Waals surface area contributed by atoms with Gasteiger partial charge in [-0.05, 0) is 54.1 Å². The quantitative estimate of drug-likeness (QED) is 0.442. The van der Waals surface area contributed by atoms with E-state index >= 15 is 0 Å². The molecule has 3 heterocycles. The Kier molecular flexibility index (Phi) is 4.67. The van der Waals surface area contributed by atoms with E-state index in [1.54, 1.807) is 13.4 Å². The Morgan fingerprint density at radius 2 is 2.00 bits per heavy atom. The van der Waals surface area contributed by atoms with Gasteiger partial charge in [-0.1, -0.05) is 28.1 Å². The molecule has 0 saturated heterocycles. The molecule has 1 aliphatic rings. The molecular formula is C23H18BrN3O3. The highest BCUT2D eigenvalue weighted by molar-refractivity contribution is 9.10. The van der Waals surface area contributed by atoms with Gasteiger partial charge in [0.25, 0.3) is 5.91 Å². The smallest absolute Gasteiger partial charge is 0.273 e. The highest BCUT2D eigenvalue weighted by Gasteiger charge is 2.42. The van der Waals surface area contributed by atoms with Crippen molar-refractivity contribution in [2.75, 3.05) is 7.11 Å². The van der Waals surface area contributed by atoms with E-state index < -0.39 is 0 Å². The van der Waals surface area contributed by atoms with Gasteiger partial charge in [0.1, 0.15) is 17.2 Å². The molecule has 0 fully saturated rings. The average Bonchev–Trinajstić information content (AvgIpc) is 3.48. The molecule has 1 N–H and O–H groups in total. The number of rotatable bonds is 5. The zero-order valence-corrected chi connectivity index (χ0v) is 17.7. The maximum absolute atomic E-state index is 13.3. The molecule has 5 rings (SSSR count). The Morgan fingerprint density at radius 1 is 1.17 bits per heavy atom. The number of hydrogen-bond donors (Lipinski definition) is 1. The standard InChI is InChI=1S/C23H18BrN3O3/c1-29-17-9-7-14(8-10-17)20-19-21(26-25-20)23(28)27(13-18-6-3-11-30-18)22(19)15-4-2-5-16(24)12-15/h2-12,22H,13H2,1H3,(H,25,26). The first kappa shape index (κ1) is 18.7. The van der Waals surface area contributed by atoms with Crippen LogP contribution in [0.5, 0.6) is 5.75 Å². The molecule has 0 radical (unpaired) electrons. The van der Waals surface area contributed by atoms with Gasteiger partial charge in [0.2, 0.25) is 0 Å². The maximum Gasteiger partial charge on any atom is 0.273 e. The number of hydrogen-bond acceptors (Lipinski definition) is 4. The number of carbonyl (C=O) groups is 1. The third-order valence-corrected chi connectivity index (χ3v) is 5.79. The highest BCUT2D eigenvalue weighted by atomic mass is 79.9. The van der Waals surface area contributed by atoms with Crippen LogP contribution in [0.4, 0.5) is 0 Å². The number of benzene rings is 2. The maximum atomic E-state index is 13.3. The minimum atomic E-state index is -0.286. The SMILES string of the molecule is COc1ccc(-c2n[nH]c3c2C(c2cccc(Br)c2)N(Cc2ccco2)C3=O)cc1. The van der Waals surface area contributed by atoms with Crippen molar-refractivity contribution in [1.29, 1.82) is 0 Å². The van der Waals surface area contributed by atoms with Crippen LogP contribution in [0.15, 0.2) is 75.8 Å². The molecule has 1 atom stereocenters. The number of ether oxygens (including phenoxy) is 1. The molecule has 0 spiro atoms. The fourth-order valence-electron chi connectivity index (χ4n) is 3.92. The van der Waals surface area contributed by atoms with Crippen LogP contribution in [0, 0.1) is 0 Å². The monoisotopic (exact) mass is 463 g/mol. The number of aromatic nitrogens is 2. The number of nitrogens with one attached hydrogen (secondary N) is 1. The molecule has 0 bridgehead atoms. The predicted molar refractivity (Wildman–Crippen MR) is 115 cm³/mol. The Bertz CT molecular complexity index is 1200. The first-order chi connectivity index (χ1) is 14.7. The van der Waals surface area contributed by atoms with Crippen molar-refractivity contribution in [3.05, 3.63) is 94.0 Å². The molecule has 4 aromatic rings. The number of nitrogens with zero attached hydrogens (tertiary/aromatic N) is 2. The Labute approximate surface area is 181 Å². The molecule has 2 aromatic carbocycles. The minimum Gasteiger partial charge on any atom is -0.497 e. The summed E-state index contributed by atoms with van der Waals surface area (Å²) in [7, 11) is 1.63. The number of fused-ring (bicyclic) bond motifs is 1. The fourth-order valence-corrected chi connectivity index (χ4v) is 4.34. The van der Waals surface area contributed by atoms with Crippen LogP contribution < -0.4 is 4.74 Å². The van der Waals surface area contributed by atoms with Crippen LogP contribution in [0.25, 0.3) is 11.3 Å². The molecular weight excluding hydrogens is 446 g/mol. The Morgan fingerprint density at radius 3 is 2.70 bits per heavy atom. The average molecular weight is 464 g/mol. The van der Waals surface area contributed by atoms with Crippen LogP contribution in [-0.2, 0) is 6.54 Å². The summed E-state index contributed by atoms with van der Waals surface area (Å²) in [6.07, 6.45) is 1.62. The summed E-state index contributed by atoms with van der Waals surface area (Å²) in [6, 6.07) is 19.1. The van der Waals surface area contributed by atoms with Crippen molar-refractivity contribution >= 4 is 21.8 Å². The van der Waals surface area contributed by atoms with Gasteiger partial charge in [-0.25, -0.2) is 0 Å². The minimum absolute atomic E-state index is 0.0985. The molecule has 1 amide bonds. The second-order valence-electron chi connectivity index (χ2n) is 7.06. The molecule has 0 saturated carbocycles. The number of furan rings is 1. The fraction of sp³-hybridized carbons (Fsp3) is 0.130. The number of carbonyl (C=O) groups excluding carboxylic acids is 1. The second-order valence-corrected chi connectivity index (χ2v) is 7.98. The number of methoxy groups -OCH3 is 1. The zero-order chi connectivity index (χ0) is 20.7. The van der Waals surface area contributed by atoms with E-state index in [1.165, 1.54) is 0 Å². The third-order valence-electron chi connectivity index (χ3n) is 5.30. The van der Waals surface area contributed by atoms with Gasteiger partial charge in [-0.2, -0.15) is 5.10 Å². The summed E-state index contributed by atoms with van der Waals surface area (Å²) in [6.45, 7) is 0.369. The lowest BCUT2D eigenvalue weighted by Crippen LogP contribution is -2.29. The van der Waals surface area contributed by atoms with E-state index in [4.69, 9.17) is 9.15 Å². The molecule has 1 unspecified atom stereocenters. The van der Waals surface area contributed by atoms with Gasteiger partial charge in [0, 0.05) is 15.6 Å². The molecule has 150 valence electrons. The lowest BCUT2D eigenvalue weighted by atomic mass is 9.96. The van der Waals surface area contributed by atoms with Crippen LogP contribution >= 0.6 is 15.9 Å². The summed E-state index contributed by atoms with van der Waals surface area (Å²) < 4.78 is 11.7. The Balaban J connectivity index is 1.64. The highest BCUT2D eigenvalue weighted by Crippen LogP contribution is 2.44. The lowest BCUT2D eigenvalue weighted by Gasteiger charge is -2.25. The van der Waals surface area contributed by atoms with E-state index in [-0.39, 0.29) is 11.9 Å². The summed E-state index contributed by atoms with van der Waals surface area (Å²) in [4.78, 5) is 15.1. The van der Waals surface area contributed by atoms with Gasteiger partial charge >= 0.3 is 0 Å². The van der Waals surface area contributed by atoms with E-state index in [1.807, 2.05) is 65.6 Å². The lowest BCUT2D eigenvalue weighted by molar-refractivity contribution is 0.0717. The topological polar surface area (TPSA) is 71.4 Å². The molecule has 6 nitrogen and oxygen atoms in total. The number of H-pyrrole nitrogens is 1. The van der Waals surface area contributed by atoms with Crippen molar-refractivity contribution in [3.63, 3.8) is 0 Å². The van der Waals surface area contributed by atoms with Crippen LogP contribution in [0.3, 0.4) is 0 Å². The molecule has 2 aromatic heterocycles. The van der Waals surface area contributed by atoms with E-state index in [0.717, 1.165) is 38.4 Å². The van der Waals surface area contributed by atoms with Crippen molar-refractivity contribution in [2.24, 2.45) is 0 Å². The zero-order valence-electron chi connectivity index (χ0n) is 16.1. The van der Waals surface area contributed by atoms with Crippen molar-refractivity contribution in [2.45, 2.75) is 12.6 Å². The molecule has 30 heavy (non-hydrogen) atoms. The third kappa shape index (κ3) is 3.11. The molecule has 1 aliphatic heterocycles. The van der Waals surface area contributed by atoms with E-state index in [0.29, 0.717) is 12.2 Å². The first-order valence-electron chi connectivity index (χ1n) is 9.47. The van der Waals surface area contributed by atoms with Crippen molar-refractivity contribution < 1.29 is 13.9 Å². The van der Waals surface area contributed by atoms with Crippen LogP contribution in [-0.4, -0.2) is 28.1 Å². The van der Waals surface area contributed by atoms with Crippen LogP contribution in [0.1, 0.15) is 33.4 Å². The van der Waals surface area contributed by atoms with E-state index in [9.17, 15) is 4.79 Å². The molecule has 7 heteroatoms. The normalized spacial score (nSPS) is 15.5. The van der Waals surface area contributed by atoms with Crippen molar-refractivity contribution in [3.8, 4) is 17.0 Å². The van der Waals surface area contributed by atoms with Crippen molar-refractivity contribution in [1.82, 2.24) is 15.1 Å². The Hall–Kier alpha value is -3.32.